The Morgan fingerprint density at radius 3 is 2.88 bits per heavy atom. The van der Waals surface area contributed by atoms with E-state index in [1.165, 1.54) is 19.3 Å². The summed E-state index contributed by atoms with van der Waals surface area (Å²) in [7, 11) is 0. The first-order valence-electron chi connectivity index (χ1n) is 6.01. The first-order chi connectivity index (χ1) is 7.65. The minimum Gasteiger partial charge on any atom is -0.327 e. The standard InChI is InChI=1S/C13H19BrN2/c1-9-2-3-10(6-9)13(15)7-12-5-4-11(14)8-16-12/h4-5,8-10,13H,2-3,6-7,15H2,1H3. The summed E-state index contributed by atoms with van der Waals surface area (Å²) in [6.45, 7) is 2.32. The lowest BCUT2D eigenvalue weighted by atomic mass is 9.94. The van der Waals surface area contributed by atoms with E-state index in [9.17, 15) is 0 Å². The van der Waals surface area contributed by atoms with Gasteiger partial charge in [-0.2, -0.15) is 0 Å². The average Bonchev–Trinajstić information content (AvgIpc) is 2.68. The van der Waals surface area contributed by atoms with Crippen molar-refractivity contribution in [1.29, 1.82) is 0 Å². The molecule has 3 atom stereocenters. The Morgan fingerprint density at radius 1 is 1.50 bits per heavy atom. The molecular formula is C13H19BrN2. The predicted molar refractivity (Wildman–Crippen MR) is 70.1 cm³/mol. The molecule has 0 aromatic carbocycles. The van der Waals surface area contributed by atoms with Gasteiger partial charge >= 0.3 is 0 Å². The second-order valence-electron chi connectivity index (χ2n) is 5.01. The van der Waals surface area contributed by atoms with Gasteiger partial charge in [-0.25, -0.2) is 0 Å². The van der Waals surface area contributed by atoms with Gasteiger partial charge in [0.1, 0.15) is 0 Å². The van der Waals surface area contributed by atoms with Crippen LogP contribution in [0.25, 0.3) is 0 Å². The number of rotatable bonds is 3. The Hall–Kier alpha value is -0.410. The zero-order valence-electron chi connectivity index (χ0n) is 9.70. The van der Waals surface area contributed by atoms with Crippen molar-refractivity contribution in [3.8, 4) is 0 Å². The zero-order valence-corrected chi connectivity index (χ0v) is 11.3. The van der Waals surface area contributed by atoms with E-state index in [2.05, 4.69) is 33.9 Å². The second-order valence-corrected chi connectivity index (χ2v) is 5.93. The fraction of sp³-hybridized carbons (Fsp3) is 0.615. The summed E-state index contributed by atoms with van der Waals surface area (Å²) in [5, 5.41) is 0. The molecule has 1 aromatic heterocycles. The van der Waals surface area contributed by atoms with Crippen LogP contribution in [0.3, 0.4) is 0 Å². The van der Waals surface area contributed by atoms with Crippen LogP contribution in [-0.2, 0) is 6.42 Å². The van der Waals surface area contributed by atoms with Gasteiger partial charge in [-0.3, -0.25) is 4.98 Å². The molecule has 0 radical (unpaired) electrons. The third-order valence-electron chi connectivity index (χ3n) is 3.57. The SMILES string of the molecule is CC1CCC(C(N)Cc2ccc(Br)cn2)C1. The molecule has 0 saturated heterocycles. The van der Waals surface area contributed by atoms with E-state index in [-0.39, 0.29) is 6.04 Å². The molecule has 1 fully saturated rings. The zero-order chi connectivity index (χ0) is 11.5. The molecule has 2 N–H and O–H groups in total. The Labute approximate surface area is 106 Å². The third-order valence-corrected chi connectivity index (χ3v) is 4.04. The lowest BCUT2D eigenvalue weighted by Gasteiger charge is -2.18. The summed E-state index contributed by atoms with van der Waals surface area (Å²) >= 11 is 3.39. The Kier molecular flexibility index (Phi) is 3.98. The third kappa shape index (κ3) is 3.05. The van der Waals surface area contributed by atoms with Crippen molar-refractivity contribution in [1.82, 2.24) is 4.98 Å². The van der Waals surface area contributed by atoms with E-state index in [1.54, 1.807) is 0 Å². The van der Waals surface area contributed by atoms with E-state index < -0.39 is 0 Å². The van der Waals surface area contributed by atoms with Crippen LogP contribution in [0.15, 0.2) is 22.8 Å². The fourth-order valence-corrected chi connectivity index (χ4v) is 2.81. The molecule has 3 unspecified atom stereocenters. The normalized spacial score (nSPS) is 26.9. The summed E-state index contributed by atoms with van der Waals surface area (Å²) in [5.74, 6) is 1.55. The van der Waals surface area contributed by atoms with Crippen molar-refractivity contribution in [2.24, 2.45) is 17.6 Å². The summed E-state index contributed by atoms with van der Waals surface area (Å²) in [4.78, 5) is 4.38. The molecule has 1 aromatic rings. The highest BCUT2D eigenvalue weighted by molar-refractivity contribution is 9.10. The van der Waals surface area contributed by atoms with Crippen LogP contribution >= 0.6 is 15.9 Å². The van der Waals surface area contributed by atoms with E-state index in [0.29, 0.717) is 5.92 Å². The fourth-order valence-electron chi connectivity index (χ4n) is 2.58. The smallest absolute Gasteiger partial charge is 0.0420 e. The first-order valence-corrected chi connectivity index (χ1v) is 6.80. The Morgan fingerprint density at radius 2 is 2.31 bits per heavy atom. The highest BCUT2D eigenvalue weighted by atomic mass is 79.9. The van der Waals surface area contributed by atoms with Crippen molar-refractivity contribution in [2.75, 3.05) is 0 Å². The molecule has 1 heterocycles. The highest BCUT2D eigenvalue weighted by Gasteiger charge is 2.26. The number of hydrogen-bond donors (Lipinski definition) is 1. The summed E-state index contributed by atoms with van der Waals surface area (Å²) in [6.07, 6.45) is 6.67. The molecule has 2 nitrogen and oxygen atoms in total. The molecule has 0 bridgehead atoms. The maximum atomic E-state index is 6.26. The van der Waals surface area contributed by atoms with Gasteiger partial charge < -0.3 is 5.73 Å². The van der Waals surface area contributed by atoms with Gasteiger partial charge in [-0.1, -0.05) is 13.3 Å². The second kappa shape index (κ2) is 5.28. The molecule has 0 aliphatic heterocycles. The maximum Gasteiger partial charge on any atom is 0.0420 e. The van der Waals surface area contributed by atoms with Gasteiger partial charge in [0.2, 0.25) is 0 Å². The molecular weight excluding hydrogens is 264 g/mol. The number of hydrogen-bond acceptors (Lipinski definition) is 2. The Bertz CT molecular complexity index is 336. The summed E-state index contributed by atoms with van der Waals surface area (Å²) in [5.41, 5.74) is 7.37. The minimum atomic E-state index is 0.277. The van der Waals surface area contributed by atoms with Gasteiger partial charge in [0.15, 0.2) is 0 Å². The van der Waals surface area contributed by atoms with Gasteiger partial charge in [0.05, 0.1) is 0 Å². The quantitative estimate of drug-likeness (QED) is 0.925. The molecule has 3 heteroatoms. The molecule has 1 aliphatic rings. The number of aromatic nitrogens is 1. The monoisotopic (exact) mass is 282 g/mol. The molecule has 88 valence electrons. The first kappa shape index (κ1) is 12.1. The van der Waals surface area contributed by atoms with Crippen molar-refractivity contribution in [2.45, 2.75) is 38.6 Å². The summed E-state index contributed by atoms with van der Waals surface area (Å²) in [6, 6.07) is 4.37. The maximum absolute atomic E-state index is 6.26. The van der Waals surface area contributed by atoms with Crippen LogP contribution in [-0.4, -0.2) is 11.0 Å². The minimum absolute atomic E-state index is 0.277. The number of nitrogens with two attached hydrogens (primary N) is 1. The Balaban J connectivity index is 1.91. The van der Waals surface area contributed by atoms with E-state index in [1.807, 2.05) is 12.3 Å². The van der Waals surface area contributed by atoms with Gasteiger partial charge in [-0.05, 0) is 52.7 Å². The van der Waals surface area contributed by atoms with E-state index in [4.69, 9.17) is 5.73 Å². The highest BCUT2D eigenvalue weighted by Crippen LogP contribution is 2.32. The average molecular weight is 283 g/mol. The van der Waals surface area contributed by atoms with E-state index in [0.717, 1.165) is 22.5 Å². The molecule has 0 spiro atoms. The molecule has 2 rings (SSSR count). The molecule has 0 amide bonds. The van der Waals surface area contributed by atoms with Crippen LogP contribution in [0.5, 0.6) is 0 Å². The van der Waals surface area contributed by atoms with Crippen LogP contribution in [0.1, 0.15) is 31.9 Å². The van der Waals surface area contributed by atoms with Crippen molar-refractivity contribution in [3.63, 3.8) is 0 Å². The largest absolute Gasteiger partial charge is 0.327 e. The molecule has 16 heavy (non-hydrogen) atoms. The van der Waals surface area contributed by atoms with Crippen LogP contribution in [0.4, 0.5) is 0 Å². The predicted octanol–water partition coefficient (Wildman–Crippen LogP) is 3.15. The number of nitrogens with zero attached hydrogens (tertiary/aromatic N) is 1. The number of halogens is 1. The molecule has 1 saturated carbocycles. The molecule has 1 aliphatic carbocycles. The van der Waals surface area contributed by atoms with Gasteiger partial charge in [-0.15, -0.1) is 0 Å². The topological polar surface area (TPSA) is 38.9 Å². The van der Waals surface area contributed by atoms with Gasteiger partial charge in [0.25, 0.3) is 0 Å². The van der Waals surface area contributed by atoms with Crippen LogP contribution in [0.2, 0.25) is 0 Å². The van der Waals surface area contributed by atoms with Gasteiger partial charge in [0, 0.05) is 28.8 Å². The van der Waals surface area contributed by atoms with Crippen LogP contribution in [0, 0.1) is 11.8 Å². The van der Waals surface area contributed by atoms with Crippen molar-refractivity contribution in [3.05, 3.63) is 28.5 Å². The van der Waals surface area contributed by atoms with E-state index >= 15 is 0 Å². The number of pyridine rings is 1. The van der Waals surface area contributed by atoms with Crippen molar-refractivity contribution >= 4 is 15.9 Å². The van der Waals surface area contributed by atoms with Crippen molar-refractivity contribution < 1.29 is 0 Å². The summed E-state index contributed by atoms with van der Waals surface area (Å²) < 4.78 is 1.03. The lowest BCUT2D eigenvalue weighted by Crippen LogP contribution is -2.31. The van der Waals surface area contributed by atoms with Crippen LogP contribution < -0.4 is 5.73 Å². The lowest BCUT2D eigenvalue weighted by molar-refractivity contribution is 0.413.